The van der Waals surface area contributed by atoms with Crippen LogP contribution in [0.15, 0.2) is 30.3 Å². The van der Waals surface area contributed by atoms with Gasteiger partial charge in [0, 0.05) is 23.6 Å². The van der Waals surface area contributed by atoms with Crippen molar-refractivity contribution in [2.24, 2.45) is 0 Å². The molecule has 1 aromatic carbocycles. The Labute approximate surface area is 131 Å². The van der Waals surface area contributed by atoms with Crippen LogP contribution in [0, 0.1) is 0 Å². The van der Waals surface area contributed by atoms with Gasteiger partial charge in [-0.1, -0.05) is 42.5 Å². The van der Waals surface area contributed by atoms with E-state index < -0.39 is 16.9 Å². The Morgan fingerprint density at radius 1 is 1.45 bits per heavy atom. The van der Waals surface area contributed by atoms with E-state index in [-0.39, 0.29) is 16.7 Å². The van der Waals surface area contributed by atoms with Gasteiger partial charge in [-0.25, -0.2) is 10.2 Å². The van der Waals surface area contributed by atoms with Gasteiger partial charge in [-0.3, -0.25) is 4.21 Å². The second-order valence-electron chi connectivity index (χ2n) is 3.73. The Bertz CT molecular complexity index is 482. The third-order valence-electron chi connectivity index (χ3n) is 2.30. The van der Waals surface area contributed by atoms with Crippen molar-refractivity contribution in [2.75, 3.05) is 19.4 Å². The van der Waals surface area contributed by atoms with Crippen molar-refractivity contribution in [2.45, 2.75) is 5.75 Å². The van der Waals surface area contributed by atoms with Crippen LogP contribution >= 0.6 is 24.8 Å². The fraction of sp³-hybridized carbons (Fsp3) is 0.333. The first-order valence-corrected chi connectivity index (χ1v) is 8.15. The molecule has 0 fully saturated rings. The smallest absolute Gasteiger partial charge is 0.430 e. The number of nitrogens with one attached hydrogen (secondary N) is 1. The number of carbonyl (C=O) groups excluding carboxylic acids is 1. The number of carbonyl (C=O) groups is 1. The number of thiol groups is 1. The maximum Gasteiger partial charge on any atom is 0.430 e. The number of ether oxygens (including phenoxy) is 1. The van der Waals surface area contributed by atoms with E-state index >= 15 is 0 Å². The highest BCUT2D eigenvalue weighted by molar-refractivity contribution is 8.11. The summed E-state index contributed by atoms with van der Waals surface area (Å²) < 4.78 is 16.8. The summed E-state index contributed by atoms with van der Waals surface area (Å²) in [6.45, 7) is 0.0624. The number of benzene rings is 1. The number of hydrogen-bond donors (Lipinski definition) is 2. The molecule has 0 radical (unpaired) electrons. The molecule has 1 amide bonds. The molecule has 8 heteroatoms. The van der Waals surface area contributed by atoms with Crippen molar-refractivity contribution in [1.82, 2.24) is 10.4 Å². The topological polar surface area (TPSA) is 58.6 Å². The van der Waals surface area contributed by atoms with Crippen molar-refractivity contribution in [3.8, 4) is 0 Å². The summed E-state index contributed by atoms with van der Waals surface area (Å²) in [5.74, 6) is 0.719. The maximum absolute atomic E-state index is 11.8. The lowest BCUT2D eigenvalue weighted by molar-refractivity contribution is 0.120. The molecule has 1 N–H and O–H groups in total. The fourth-order valence-electron chi connectivity index (χ4n) is 1.38. The molecular weight excluding hydrogens is 316 g/mol. The van der Waals surface area contributed by atoms with Crippen LogP contribution in [0.1, 0.15) is 5.56 Å². The molecule has 0 saturated carbocycles. The number of amides is 1. The summed E-state index contributed by atoms with van der Waals surface area (Å²) in [5, 5.41) is 0.985. The Kier molecular flexibility index (Phi) is 7.75. The number of hydrazine groups is 1. The van der Waals surface area contributed by atoms with E-state index in [1.807, 2.05) is 30.3 Å². The molecule has 20 heavy (non-hydrogen) atoms. The van der Waals surface area contributed by atoms with Crippen molar-refractivity contribution in [3.05, 3.63) is 35.9 Å². The summed E-state index contributed by atoms with van der Waals surface area (Å²) in [7, 11) is 0.444. The first-order chi connectivity index (χ1) is 9.54. The summed E-state index contributed by atoms with van der Waals surface area (Å²) in [4.78, 5) is 11.6. The molecular formula is C12H16N2O3S3. The van der Waals surface area contributed by atoms with Crippen molar-refractivity contribution in [3.63, 3.8) is 0 Å². The SMILES string of the molecule is CNN(C(=O)OCCS(=O)Cc1ccccc1)C(=S)S. The lowest BCUT2D eigenvalue weighted by atomic mass is 10.2. The van der Waals surface area contributed by atoms with Crippen LogP contribution in [0.4, 0.5) is 4.79 Å². The molecule has 1 aromatic rings. The van der Waals surface area contributed by atoms with Crippen LogP contribution in [-0.4, -0.2) is 39.0 Å². The Morgan fingerprint density at radius 3 is 2.65 bits per heavy atom. The van der Waals surface area contributed by atoms with Gasteiger partial charge in [0.15, 0.2) is 4.32 Å². The Hall–Kier alpha value is -0.960. The van der Waals surface area contributed by atoms with Gasteiger partial charge in [0.2, 0.25) is 0 Å². The van der Waals surface area contributed by atoms with E-state index in [0.29, 0.717) is 5.75 Å². The van der Waals surface area contributed by atoms with Crippen LogP contribution in [0.2, 0.25) is 0 Å². The standard InChI is InChI=1S/C12H16N2O3S3/c1-13-14(12(18)19)11(15)17-7-8-20(16)9-10-5-3-2-4-6-10/h2-6,13H,7-9H2,1H3,(H,18,19). The van der Waals surface area contributed by atoms with E-state index in [4.69, 9.17) is 17.0 Å². The molecule has 0 saturated heterocycles. The lowest BCUT2D eigenvalue weighted by Gasteiger charge is -2.18. The molecule has 0 spiro atoms. The largest absolute Gasteiger partial charge is 0.447 e. The molecule has 0 aromatic heterocycles. The minimum Gasteiger partial charge on any atom is -0.447 e. The van der Waals surface area contributed by atoms with Crippen LogP contribution in [-0.2, 0) is 21.3 Å². The maximum atomic E-state index is 11.8. The highest BCUT2D eigenvalue weighted by Crippen LogP contribution is 2.03. The average Bonchev–Trinajstić information content (AvgIpc) is 2.40. The minimum absolute atomic E-state index is 0.0582. The molecule has 0 aliphatic carbocycles. The second-order valence-corrected chi connectivity index (χ2v) is 6.42. The predicted molar refractivity (Wildman–Crippen MR) is 87.0 cm³/mol. The third kappa shape index (κ3) is 6.00. The molecule has 0 heterocycles. The van der Waals surface area contributed by atoms with Crippen molar-refractivity contribution in [1.29, 1.82) is 0 Å². The Balaban J connectivity index is 2.32. The van der Waals surface area contributed by atoms with E-state index in [0.717, 1.165) is 10.6 Å². The average molecular weight is 332 g/mol. The van der Waals surface area contributed by atoms with Crippen LogP contribution in [0.25, 0.3) is 0 Å². The Morgan fingerprint density at radius 2 is 2.10 bits per heavy atom. The van der Waals surface area contributed by atoms with E-state index in [9.17, 15) is 9.00 Å². The fourth-order valence-corrected chi connectivity index (χ4v) is 2.71. The van der Waals surface area contributed by atoms with Gasteiger partial charge in [-0.05, 0) is 5.56 Å². The van der Waals surface area contributed by atoms with Crippen LogP contribution < -0.4 is 5.43 Å². The quantitative estimate of drug-likeness (QED) is 0.472. The van der Waals surface area contributed by atoms with E-state index in [2.05, 4.69) is 18.1 Å². The van der Waals surface area contributed by atoms with Gasteiger partial charge in [-0.15, -0.1) is 12.6 Å². The lowest BCUT2D eigenvalue weighted by Crippen LogP contribution is -2.42. The minimum atomic E-state index is -1.08. The summed E-state index contributed by atoms with van der Waals surface area (Å²) in [6, 6.07) is 9.51. The number of thiocarbonyl (C=S) groups is 1. The number of hydrogen-bond acceptors (Lipinski definition) is 5. The third-order valence-corrected chi connectivity index (χ3v) is 3.96. The van der Waals surface area contributed by atoms with Gasteiger partial charge in [0.05, 0.1) is 5.75 Å². The number of nitrogens with zero attached hydrogens (tertiary/aromatic N) is 1. The summed E-state index contributed by atoms with van der Waals surface area (Å²) >= 11 is 8.62. The van der Waals surface area contributed by atoms with Crippen LogP contribution in [0.3, 0.4) is 0 Å². The molecule has 0 bridgehead atoms. The van der Waals surface area contributed by atoms with Gasteiger partial charge in [0.25, 0.3) is 0 Å². The summed E-state index contributed by atoms with van der Waals surface area (Å²) in [6.07, 6.45) is -0.663. The van der Waals surface area contributed by atoms with Gasteiger partial charge in [-0.2, -0.15) is 5.01 Å². The zero-order valence-electron chi connectivity index (χ0n) is 10.9. The summed E-state index contributed by atoms with van der Waals surface area (Å²) in [5.41, 5.74) is 3.54. The molecule has 110 valence electrons. The molecule has 1 atom stereocenters. The highest BCUT2D eigenvalue weighted by atomic mass is 32.2. The monoisotopic (exact) mass is 332 g/mol. The predicted octanol–water partition coefficient (Wildman–Crippen LogP) is 1.72. The molecule has 1 unspecified atom stereocenters. The molecule has 5 nitrogen and oxygen atoms in total. The zero-order chi connectivity index (χ0) is 15.0. The normalized spacial score (nSPS) is 11.7. The van der Waals surface area contributed by atoms with E-state index in [1.54, 1.807) is 0 Å². The first kappa shape index (κ1) is 17.1. The molecule has 1 rings (SSSR count). The van der Waals surface area contributed by atoms with Crippen LogP contribution in [0.5, 0.6) is 0 Å². The van der Waals surface area contributed by atoms with E-state index in [1.165, 1.54) is 7.05 Å². The first-order valence-electron chi connectivity index (χ1n) is 5.80. The van der Waals surface area contributed by atoms with Gasteiger partial charge < -0.3 is 4.74 Å². The molecule has 0 aliphatic heterocycles. The zero-order valence-corrected chi connectivity index (χ0v) is 13.5. The van der Waals surface area contributed by atoms with Gasteiger partial charge in [0.1, 0.15) is 6.61 Å². The van der Waals surface area contributed by atoms with Gasteiger partial charge >= 0.3 is 6.09 Å². The number of rotatable bonds is 6. The molecule has 0 aliphatic rings. The van der Waals surface area contributed by atoms with Crippen molar-refractivity contribution >= 4 is 46.1 Å². The van der Waals surface area contributed by atoms with Crippen molar-refractivity contribution < 1.29 is 13.7 Å². The second kappa shape index (κ2) is 9.06. The highest BCUT2D eigenvalue weighted by Gasteiger charge is 2.15.